The molecule has 1 aliphatic heterocycles. The largest absolute Gasteiger partial charge is 0.497 e. The van der Waals surface area contributed by atoms with Crippen molar-refractivity contribution in [2.24, 2.45) is 5.73 Å². The Morgan fingerprint density at radius 3 is 2.39 bits per heavy atom. The first-order valence-electron chi connectivity index (χ1n) is 7.50. The summed E-state index contributed by atoms with van der Waals surface area (Å²) in [6.45, 7) is 3.44. The summed E-state index contributed by atoms with van der Waals surface area (Å²) in [6.07, 6.45) is 0. The molecule has 1 amide bonds. The van der Waals surface area contributed by atoms with Crippen LogP contribution in [0.3, 0.4) is 0 Å². The zero-order valence-electron chi connectivity index (χ0n) is 13.0. The van der Waals surface area contributed by atoms with Gasteiger partial charge in [0.1, 0.15) is 17.3 Å². The van der Waals surface area contributed by atoms with Crippen LogP contribution in [0, 0.1) is 6.07 Å². The molecule has 1 saturated heterocycles. The fourth-order valence-electron chi connectivity index (χ4n) is 2.67. The zero-order valence-corrected chi connectivity index (χ0v) is 13.0. The van der Waals surface area contributed by atoms with Crippen molar-refractivity contribution in [3.8, 4) is 5.75 Å². The Morgan fingerprint density at radius 1 is 1.13 bits per heavy atom. The van der Waals surface area contributed by atoms with E-state index >= 15 is 0 Å². The molecule has 1 aromatic heterocycles. The van der Waals surface area contributed by atoms with E-state index in [1.165, 1.54) is 5.69 Å². The first kappa shape index (κ1) is 15.1. The molecule has 0 aliphatic carbocycles. The topological polar surface area (TPSA) is 71.7 Å². The molecule has 6 heteroatoms. The molecule has 0 saturated carbocycles. The van der Waals surface area contributed by atoms with E-state index in [1.54, 1.807) is 13.2 Å². The number of carbonyl (C=O) groups excluding carboxylic acids is 1. The molecular formula is C17H19N4O2. The number of rotatable bonds is 4. The summed E-state index contributed by atoms with van der Waals surface area (Å²) >= 11 is 0. The number of pyridine rings is 1. The molecule has 6 nitrogen and oxygen atoms in total. The molecule has 0 bridgehead atoms. The summed E-state index contributed by atoms with van der Waals surface area (Å²) in [5.41, 5.74) is 6.62. The Bertz CT molecular complexity index is 679. The van der Waals surface area contributed by atoms with Crippen LogP contribution in [-0.2, 0) is 0 Å². The number of nitrogens with two attached hydrogens (primary N) is 1. The molecular weight excluding hydrogens is 292 g/mol. The van der Waals surface area contributed by atoms with Crippen molar-refractivity contribution in [3.05, 3.63) is 48.2 Å². The summed E-state index contributed by atoms with van der Waals surface area (Å²) < 4.78 is 5.19. The minimum atomic E-state index is -0.552. The van der Waals surface area contributed by atoms with Crippen LogP contribution in [0.4, 0.5) is 11.5 Å². The van der Waals surface area contributed by atoms with Crippen LogP contribution in [-0.4, -0.2) is 44.2 Å². The van der Waals surface area contributed by atoms with Gasteiger partial charge < -0.3 is 20.3 Å². The lowest BCUT2D eigenvalue weighted by molar-refractivity contribution is 0.0995. The lowest BCUT2D eigenvalue weighted by Gasteiger charge is -2.36. The lowest BCUT2D eigenvalue weighted by atomic mass is 10.2. The molecule has 2 N–H and O–H groups in total. The third-order valence-corrected chi connectivity index (χ3v) is 3.95. The molecule has 23 heavy (non-hydrogen) atoms. The van der Waals surface area contributed by atoms with Crippen LogP contribution in [0.15, 0.2) is 36.4 Å². The number of benzene rings is 1. The molecule has 0 spiro atoms. The number of anilines is 2. The Balaban J connectivity index is 1.65. The van der Waals surface area contributed by atoms with Crippen molar-refractivity contribution >= 4 is 17.4 Å². The van der Waals surface area contributed by atoms with E-state index < -0.39 is 5.91 Å². The summed E-state index contributed by atoms with van der Waals surface area (Å²) in [4.78, 5) is 20.0. The van der Waals surface area contributed by atoms with Crippen LogP contribution in [0.5, 0.6) is 5.75 Å². The standard InChI is InChI=1S/C17H19N4O2/c1-23-14-7-5-13(6-8-14)20-9-11-21(12-10-20)16-4-2-3-15(19-16)17(18)22/h2,4-8H,9-12H2,1H3,(H2,18,22). The number of aromatic nitrogens is 1. The molecule has 2 heterocycles. The van der Waals surface area contributed by atoms with Crippen LogP contribution in [0.25, 0.3) is 0 Å². The maximum absolute atomic E-state index is 11.2. The summed E-state index contributed by atoms with van der Waals surface area (Å²) in [5, 5.41) is 0. The maximum atomic E-state index is 11.2. The van der Waals surface area contributed by atoms with E-state index in [0.717, 1.165) is 37.7 Å². The van der Waals surface area contributed by atoms with Gasteiger partial charge in [-0.25, -0.2) is 4.98 Å². The number of carbonyl (C=O) groups is 1. The molecule has 119 valence electrons. The molecule has 2 aromatic rings. The Morgan fingerprint density at radius 2 is 1.78 bits per heavy atom. The monoisotopic (exact) mass is 311 g/mol. The second-order valence-electron chi connectivity index (χ2n) is 5.33. The lowest BCUT2D eigenvalue weighted by Crippen LogP contribution is -2.46. The van der Waals surface area contributed by atoms with Crippen molar-refractivity contribution in [2.75, 3.05) is 43.1 Å². The first-order valence-corrected chi connectivity index (χ1v) is 7.50. The van der Waals surface area contributed by atoms with E-state index in [2.05, 4.69) is 33.0 Å². The minimum absolute atomic E-state index is 0.181. The van der Waals surface area contributed by atoms with Gasteiger partial charge in [0.2, 0.25) is 0 Å². The van der Waals surface area contributed by atoms with Crippen molar-refractivity contribution in [3.63, 3.8) is 0 Å². The predicted octanol–water partition coefficient (Wildman–Crippen LogP) is 1.32. The number of hydrogen-bond acceptors (Lipinski definition) is 5. The quantitative estimate of drug-likeness (QED) is 0.922. The van der Waals surface area contributed by atoms with Gasteiger partial charge in [-0.1, -0.05) is 0 Å². The molecule has 1 aliphatic rings. The molecule has 1 radical (unpaired) electrons. The third-order valence-electron chi connectivity index (χ3n) is 3.95. The van der Waals surface area contributed by atoms with Crippen LogP contribution in [0.1, 0.15) is 10.5 Å². The minimum Gasteiger partial charge on any atom is -0.497 e. The van der Waals surface area contributed by atoms with Gasteiger partial charge in [0.25, 0.3) is 5.91 Å². The first-order chi connectivity index (χ1) is 11.2. The highest BCUT2D eigenvalue weighted by Crippen LogP contribution is 2.22. The number of amides is 1. The highest BCUT2D eigenvalue weighted by atomic mass is 16.5. The number of methoxy groups -OCH3 is 1. The SMILES string of the molecule is COc1ccc(N2CCN(c3cc[c]c(C(N)=O)n3)CC2)cc1. The number of piperazine rings is 1. The number of hydrogen-bond donors (Lipinski definition) is 1. The summed E-state index contributed by atoms with van der Waals surface area (Å²) in [5.74, 6) is 1.08. The van der Waals surface area contributed by atoms with E-state index in [-0.39, 0.29) is 5.69 Å². The van der Waals surface area contributed by atoms with Gasteiger partial charge in [-0.3, -0.25) is 4.79 Å². The van der Waals surface area contributed by atoms with Gasteiger partial charge in [-0.05, 0) is 36.4 Å². The number of nitrogens with zero attached hydrogens (tertiary/aromatic N) is 3. The average molecular weight is 311 g/mol. The van der Waals surface area contributed by atoms with Gasteiger partial charge in [-0.2, -0.15) is 0 Å². The molecule has 0 atom stereocenters. The second kappa shape index (κ2) is 6.56. The Labute approximate surface area is 135 Å². The Kier molecular flexibility index (Phi) is 4.32. The van der Waals surface area contributed by atoms with Crippen molar-refractivity contribution in [1.82, 2.24) is 4.98 Å². The number of primary amides is 1. The second-order valence-corrected chi connectivity index (χ2v) is 5.33. The highest BCUT2D eigenvalue weighted by Gasteiger charge is 2.19. The number of ether oxygens (including phenoxy) is 1. The fourth-order valence-corrected chi connectivity index (χ4v) is 2.67. The summed E-state index contributed by atoms with van der Waals surface area (Å²) in [6, 6.07) is 14.4. The molecule has 3 rings (SSSR count). The van der Waals surface area contributed by atoms with E-state index in [0.29, 0.717) is 0 Å². The Hall–Kier alpha value is -2.76. The van der Waals surface area contributed by atoms with Gasteiger partial charge in [0, 0.05) is 37.9 Å². The summed E-state index contributed by atoms with van der Waals surface area (Å²) in [7, 11) is 1.67. The van der Waals surface area contributed by atoms with Crippen LogP contribution < -0.4 is 20.3 Å². The van der Waals surface area contributed by atoms with E-state index in [9.17, 15) is 4.79 Å². The van der Waals surface area contributed by atoms with E-state index in [1.807, 2.05) is 18.2 Å². The van der Waals surface area contributed by atoms with Crippen molar-refractivity contribution < 1.29 is 9.53 Å². The average Bonchev–Trinajstić information content (AvgIpc) is 2.62. The molecule has 1 aromatic carbocycles. The van der Waals surface area contributed by atoms with E-state index in [4.69, 9.17) is 10.5 Å². The van der Waals surface area contributed by atoms with Crippen LogP contribution in [0.2, 0.25) is 0 Å². The van der Waals surface area contributed by atoms with Crippen LogP contribution >= 0.6 is 0 Å². The predicted molar refractivity (Wildman–Crippen MR) is 89.0 cm³/mol. The van der Waals surface area contributed by atoms with Gasteiger partial charge >= 0.3 is 0 Å². The van der Waals surface area contributed by atoms with Gasteiger partial charge in [-0.15, -0.1) is 0 Å². The van der Waals surface area contributed by atoms with Gasteiger partial charge in [0.05, 0.1) is 7.11 Å². The third kappa shape index (κ3) is 3.36. The molecule has 1 fully saturated rings. The normalized spacial score (nSPS) is 14.7. The molecule has 0 unspecified atom stereocenters. The smallest absolute Gasteiger partial charge is 0.268 e. The zero-order chi connectivity index (χ0) is 16.2. The highest BCUT2D eigenvalue weighted by molar-refractivity contribution is 5.90. The van der Waals surface area contributed by atoms with Crippen molar-refractivity contribution in [2.45, 2.75) is 0 Å². The van der Waals surface area contributed by atoms with Gasteiger partial charge in [0.15, 0.2) is 0 Å². The maximum Gasteiger partial charge on any atom is 0.268 e. The fraction of sp³-hybridized carbons (Fsp3) is 0.294. The van der Waals surface area contributed by atoms with Crippen molar-refractivity contribution in [1.29, 1.82) is 0 Å².